The van der Waals surface area contributed by atoms with Gasteiger partial charge in [-0.15, -0.1) is 0 Å². The average Bonchev–Trinajstić information content (AvgIpc) is 3.05. The third-order valence-electron chi connectivity index (χ3n) is 9.03. The van der Waals surface area contributed by atoms with Gasteiger partial charge in [0.05, 0.1) is 17.8 Å². The molecule has 3 N–H and O–H groups in total. The van der Waals surface area contributed by atoms with Gasteiger partial charge in [-0.05, 0) is 103 Å². The predicted molar refractivity (Wildman–Crippen MR) is 186 cm³/mol. The van der Waals surface area contributed by atoms with Gasteiger partial charge in [-0.3, -0.25) is 24.6 Å². The van der Waals surface area contributed by atoms with Crippen molar-refractivity contribution in [3.8, 4) is 11.1 Å². The first-order valence-electron chi connectivity index (χ1n) is 16.0. The van der Waals surface area contributed by atoms with Gasteiger partial charge in [-0.25, -0.2) is 4.98 Å². The molecule has 0 unspecified atom stereocenters. The van der Waals surface area contributed by atoms with E-state index in [0.29, 0.717) is 13.0 Å². The highest BCUT2D eigenvalue weighted by Gasteiger charge is 2.16. The van der Waals surface area contributed by atoms with Crippen LogP contribution in [-0.2, 0) is 24.3 Å². The van der Waals surface area contributed by atoms with Gasteiger partial charge in [-0.2, -0.15) is 0 Å². The Kier molecular flexibility index (Phi) is 8.56. The number of carbonyl (C=O) groups is 1. The summed E-state index contributed by atoms with van der Waals surface area (Å²) in [5, 5.41) is 17.5. The summed E-state index contributed by atoms with van der Waals surface area (Å²) >= 11 is 0. The van der Waals surface area contributed by atoms with E-state index in [4.69, 9.17) is 20.1 Å². The van der Waals surface area contributed by atoms with E-state index in [2.05, 4.69) is 76.8 Å². The molecular weight excluding hydrogens is 586 g/mol. The number of carboxylic acid groups (broad SMARTS) is 1. The van der Waals surface area contributed by atoms with Crippen LogP contribution in [0.3, 0.4) is 0 Å². The number of hydrogen-bond donors (Lipinski definition) is 3. The monoisotopic (exact) mass is 623 g/mol. The molecule has 236 valence electrons. The first kappa shape index (κ1) is 30.4. The molecule has 0 saturated carbocycles. The van der Waals surface area contributed by atoms with Crippen LogP contribution >= 0.6 is 0 Å². The SMILES string of the molecule is Cc1c(Cc2nccc3cc(CNCC(=O)O)cnc23)cccc1-c1cccc(Nc2nccc3cc(CN4CCC4)cnc23)c1C. The number of aromatic nitrogens is 4. The molecule has 1 aliphatic rings. The van der Waals surface area contributed by atoms with E-state index >= 15 is 0 Å². The Morgan fingerprint density at radius 2 is 1.53 bits per heavy atom. The van der Waals surface area contributed by atoms with Crippen molar-refractivity contribution < 1.29 is 9.90 Å². The fraction of sp³-hybridized carbons (Fsp3) is 0.237. The smallest absolute Gasteiger partial charge is 0.317 e. The summed E-state index contributed by atoms with van der Waals surface area (Å²) in [6.45, 7) is 7.92. The van der Waals surface area contributed by atoms with Crippen molar-refractivity contribution in [2.75, 3.05) is 25.0 Å². The average molecular weight is 624 g/mol. The van der Waals surface area contributed by atoms with Gasteiger partial charge in [0.2, 0.25) is 0 Å². The molecule has 2 aromatic carbocycles. The number of fused-ring (bicyclic) bond motifs is 2. The fourth-order valence-electron chi connectivity index (χ4n) is 6.32. The normalized spacial score (nSPS) is 13.1. The lowest BCUT2D eigenvalue weighted by Gasteiger charge is -2.30. The second-order valence-corrected chi connectivity index (χ2v) is 12.2. The van der Waals surface area contributed by atoms with Crippen LogP contribution in [-0.4, -0.2) is 55.5 Å². The van der Waals surface area contributed by atoms with Crippen LogP contribution in [0.5, 0.6) is 0 Å². The van der Waals surface area contributed by atoms with Crippen molar-refractivity contribution in [2.24, 2.45) is 0 Å². The topological polar surface area (TPSA) is 116 Å². The van der Waals surface area contributed by atoms with Crippen LogP contribution in [0.15, 0.2) is 85.5 Å². The Labute approximate surface area is 273 Å². The Hall–Kier alpha value is -5.25. The lowest BCUT2D eigenvalue weighted by Crippen LogP contribution is -2.36. The van der Waals surface area contributed by atoms with Gasteiger partial charge in [-0.1, -0.05) is 30.3 Å². The number of carboxylic acids is 1. The highest BCUT2D eigenvalue weighted by atomic mass is 16.4. The van der Waals surface area contributed by atoms with Crippen molar-refractivity contribution in [1.29, 1.82) is 0 Å². The third-order valence-corrected chi connectivity index (χ3v) is 9.03. The minimum absolute atomic E-state index is 0.0925. The molecule has 0 atom stereocenters. The van der Waals surface area contributed by atoms with E-state index in [9.17, 15) is 4.79 Å². The zero-order chi connectivity index (χ0) is 32.3. The van der Waals surface area contributed by atoms with Gasteiger partial charge in [0.25, 0.3) is 0 Å². The molecule has 0 aliphatic carbocycles. The maximum absolute atomic E-state index is 10.9. The van der Waals surface area contributed by atoms with Crippen molar-refractivity contribution in [3.63, 3.8) is 0 Å². The Bertz CT molecular complexity index is 2110. The molecule has 0 bridgehead atoms. The number of benzene rings is 2. The van der Waals surface area contributed by atoms with Gasteiger partial charge >= 0.3 is 5.97 Å². The van der Waals surface area contributed by atoms with Crippen molar-refractivity contribution in [3.05, 3.63) is 119 Å². The number of hydrogen-bond acceptors (Lipinski definition) is 8. The van der Waals surface area contributed by atoms with E-state index in [-0.39, 0.29) is 6.54 Å². The number of likely N-dealkylation sites (tertiary alicyclic amines) is 1. The van der Waals surface area contributed by atoms with Gasteiger partial charge in [0.15, 0.2) is 5.82 Å². The predicted octanol–water partition coefficient (Wildman–Crippen LogP) is 6.57. The summed E-state index contributed by atoms with van der Waals surface area (Å²) in [6.07, 6.45) is 9.35. The molecule has 0 amide bonds. The van der Waals surface area contributed by atoms with E-state index in [1.54, 1.807) is 6.20 Å². The van der Waals surface area contributed by atoms with E-state index in [1.165, 1.54) is 28.7 Å². The molecule has 7 rings (SSSR count). The highest BCUT2D eigenvalue weighted by Crippen LogP contribution is 2.35. The van der Waals surface area contributed by atoms with Crippen LogP contribution in [0, 0.1) is 13.8 Å². The summed E-state index contributed by atoms with van der Waals surface area (Å²) in [5.74, 6) is -0.134. The zero-order valence-corrected chi connectivity index (χ0v) is 26.6. The molecule has 6 aromatic rings. The van der Waals surface area contributed by atoms with Crippen LogP contribution in [0.4, 0.5) is 11.5 Å². The van der Waals surface area contributed by atoms with Crippen molar-refractivity contribution >= 4 is 39.3 Å². The number of anilines is 2. The molecule has 1 saturated heterocycles. The second-order valence-electron chi connectivity index (χ2n) is 12.2. The second kappa shape index (κ2) is 13.2. The Morgan fingerprint density at radius 1 is 0.830 bits per heavy atom. The first-order valence-corrected chi connectivity index (χ1v) is 16.0. The summed E-state index contributed by atoms with van der Waals surface area (Å²) in [5.41, 5.74) is 11.6. The number of rotatable bonds is 11. The molecule has 0 spiro atoms. The first-order chi connectivity index (χ1) is 22.9. The van der Waals surface area contributed by atoms with Crippen LogP contribution in [0.1, 0.15) is 39.9 Å². The van der Waals surface area contributed by atoms with E-state index in [0.717, 1.165) is 75.3 Å². The summed E-state index contributed by atoms with van der Waals surface area (Å²) in [6, 6.07) is 21.0. The van der Waals surface area contributed by atoms with Crippen LogP contribution in [0.2, 0.25) is 0 Å². The molecular formula is C38H37N7O2. The Balaban J connectivity index is 1.14. The van der Waals surface area contributed by atoms with Gasteiger partial charge in [0.1, 0.15) is 5.52 Å². The van der Waals surface area contributed by atoms with Gasteiger partial charge in [0, 0.05) is 60.8 Å². The van der Waals surface area contributed by atoms with Crippen molar-refractivity contribution in [1.82, 2.24) is 30.2 Å². The molecule has 0 radical (unpaired) electrons. The summed E-state index contributed by atoms with van der Waals surface area (Å²) in [7, 11) is 0. The number of pyridine rings is 4. The zero-order valence-electron chi connectivity index (χ0n) is 26.6. The largest absolute Gasteiger partial charge is 0.480 e. The molecule has 4 aromatic heterocycles. The number of nitrogens with zero attached hydrogens (tertiary/aromatic N) is 5. The maximum Gasteiger partial charge on any atom is 0.317 e. The highest BCUT2D eigenvalue weighted by molar-refractivity contribution is 5.91. The van der Waals surface area contributed by atoms with Crippen LogP contribution in [0.25, 0.3) is 32.9 Å². The number of aliphatic carboxylic acids is 1. The summed E-state index contributed by atoms with van der Waals surface area (Å²) in [4.78, 5) is 32.2. The van der Waals surface area contributed by atoms with E-state index < -0.39 is 5.97 Å². The van der Waals surface area contributed by atoms with E-state index in [1.807, 2.05) is 36.8 Å². The fourth-order valence-corrected chi connectivity index (χ4v) is 6.32. The lowest BCUT2D eigenvalue weighted by atomic mass is 9.91. The van der Waals surface area contributed by atoms with Crippen molar-refractivity contribution in [2.45, 2.75) is 39.8 Å². The quantitative estimate of drug-likeness (QED) is 0.147. The molecule has 9 nitrogen and oxygen atoms in total. The molecule has 1 aliphatic heterocycles. The number of nitrogens with one attached hydrogen (secondary N) is 2. The molecule has 5 heterocycles. The van der Waals surface area contributed by atoms with Crippen LogP contribution < -0.4 is 10.6 Å². The Morgan fingerprint density at radius 3 is 2.32 bits per heavy atom. The lowest BCUT2D eigenvalue weighted by molar-refractivity contribution is -0.136. The standard InChI is InChI=1S/C38H37N7O2/c1-24-28(18-34-36-29(10-12-40-34)16-26(20-42-36)19-39-22-35(46)47)6-3-7-31(24)32-8-4-9-33(25(32)2)44-38-37-30(11-13-41-38)17-27(21-43-37)23-45-14-5-15-45/h3-4,6-13,16-17,20-21,39H,5,14-15,18-19,22-23H2,1-2H3,(H,41,44)(H,46,47). The minimum Gasteiger partial charge on any atom is -0.480 e. The maximum atomic E-state index is 10.9. The molecule has 47 heavy (non-hydrogen) atoms. The molecule has 1 fully saturated rings. The minimum atomic E-state index is -0.883. The van der Waals surface area contributed by atoms with Gasteiger partial charge < -0.3 is 15.7 Å². The third kappa shape index (κ3) is 6.54. The summed E-state index contributed by atoms with van der Waals surface area (Å²) < 4.78 is 0. The molecule has 9 heteroatoms.